The van der Waals surface area contributed by atoms with Crippen molar-refractivity contribution in [3.63, 3.8) is 0 Å². The Morgan fingerprint density at radius 2 is 1.86 bits per heavy atom. The number of hydrogen-bond acceptors (Lipinski definition) is 5. The van der Waals surface area contributed by atoms with Gasteiger partial charge in [-0.15, -0.1) is 11.3 Å². The summed E-state index contributed by atoms with van der Waals surface area (Å²) in [7, 11) is 0. The van der Waals surface area contributed by atoms with Crippen LogP contribution < -0.4 is 4.90 Å². The molecule has 0 aliphatic heterocycles. The molecule has 0 unspecified atom stereocenters. The third-order valence-electron chi connectivity index (χ3n) is 2.75. The first-order valence-electron chi connectivity index (χ1n) is 7.36. The van der Waals surface area contributed by atoms with Gasteiger partial charge in [-0.2, -0.15) is 4.98 Å². The van der Waals surface area contributed by atoms with Crippen LogP contribution in [-0.4, -0.2) is 29.3 Å². The lowest BCUT2D eigenvalue weighted by molar-refractivity contribution is 0.112. The molecule has 0 atom stereocenters. The van der Waals surface area contributed by atoms with E-state index in [-0.39, 0.29) is 5.28 Å². The zero-order valence-corrected chi connectivity index (χ0v) is 14.6. The molecule has 0 aromatic carbocycles. The molecule has 116 valence electrons. The summed E-state index contributed by atoms with van der Waals surface area (Å²) in [5.74, 6) is 0.844. The zero-order chi connectivity index (χ0) is 15.8. The third kappa shape index (κ3) is 4.38. The number of fused-ring (bicyclic) bond motifs is 1. The highest BCUT2D eigenvalue weighted by Crippen LogP contribution is 2.32. The minimum absolute atomic E-state index is 0.231. The van der Waals surface area contributed by atoms with Crippen LogP contribution in [0.25, 0.3) is 10.2 Å². The average Bonchev–Trinajstić information content (AvgIpc) is 2.91. The normalized spacial score (nSPS) is 10.1. The van der Waals surface area contributed by atoms with Gasteiger partial charge in [0.05, 0.1) is 15.1 Å². The van der Waals surface area contributed by atoms with E-state index in [1.807, 2.05) is 13.8 Å². The number of hydrogen-bond donors (Lipinski definition) is 0. The molecule has 0 spiro atoms. The topological polar surface area (TPSA) is 46.1 Å². The maximum Gasteiger partial charge on any atom is 0.224 e. The van der Waals surface area contributed by atoms with Gasteiger partial charge in [-0.05, 0) is 30.5 Å². The van der Waals surface area contributed by atoms with E-state index in [9.17, 15) is 4.79 Å². The van der Waals surface area contributed by atoms with Gasteiger partial charge in [0.25, 0.3) is 0 Å². The smallest absolute Gasteiger partial charge is 0.224 e. The molecule has 2 aromatic heterocycles. The van der Waals surface area contributed by atoms with Gasteiger partial charge < -0.3 is 4.90 Å². The van der Waals surface area contributed by atoms with Gasteiger partial charge >= 0.3 is 0 Å². The molecule has 2 rings (SSSR count). The molecule has 6 heteroatoms. The second-order valence-corrected chi connectivity index (χ2v) is 5.71. The van der Waals surface area contributed by atoms with Crippen LogP contribution in [-0.2, 0) is 0 Å². The number of carbonyl (C=O) groups is 1. The quantitative estimate of drug-likeness (QED) is 0.564. The number of carbonyl (C=O) groups excluding carboxylic acids is 1. The van der Waals surface area contributed by atoms with Crippen molar-refractivity contribution in [2.45, 2.75) is 40.5 Å². The minimum atomic E-state index is 0.231. The fraction of sp³-hybridized carbons (Fsp3) is 0.533. The highest BCUT2D eigenvalue weighted by molar-refractivity contribution is 7.21. The van der Waals surface area contributed by atoms with E-state index in [2.05, 4.69) is 28.7 Å². The highest BCUT2D eigenvalue weighted by atomic mass is 35.5. The molecule has 4 nitrogen and oxygen atoms in total. The Kier molecular flexibility index (Phi) is 7.61. The molecule has 0 amide bonds. The molecule has 21 heavy (non-hydrogen) atoms. The van der Waals surface area contributed by atoms with E-state index in [1.165, 1.54) is 11.3 Å². The van der Waals surface area contributed by atoms with Crippen LogP contribution in [0.5, 0.6) is 0 Å². The number of thiophene rings is 1. The summed E-state index contributed by atoms with van der Waals surface area (Å²) in [6.45, 7) is 10.1. The van der Waals surface area contributed by atoms with Crippen LogP contribution in [0, 0.1) is 0 Å². The minimum Gasteiger partial charge on any atom is -0.355 e. The Balaban J connectivity index is 0.00000106. The summed E-state index contributed by atoms with van der Waals surface area (Å²) in [6.07, 6.45) is 2.91. The number of halogens is 1. The lowest BCUT2D eigenvalue weighted by atomic mass is 10.3. The van der Waals surface area contributed by atoms with Gasteiger partial charge in [0, 0.05) is 13.1 Å². The summed E-state index contributed by atoms with van der Waals surface area (Å²) >= 11 is 7.41. The van der Waals surface area contributed by atoms with Crippen molar-refractivity contribution in [3.8, 4) is 0 Å². The second kappa shape index (κ2) is 8.95. The molecule has 0 N–H and O–H groups in total. The first-order chi connectivity index (χ1) is 10.2. The van der Waals surface area contributed by atoms with Gasteiger partial charge in [-0.1, -0.05) is 27.7 Å². The zero-order valence-electron chi connectivity index (χ0n) is 13.0. The summed E-state index contributed by atoms with van der Waals surface area (Å²) in [6, 6.07) is 1.76. The SMILES string of the molecule is CC.CCCN(CCC)c1nc(Cl)nc2cc(C=O)sc12. The number of anilines is 1. The van der Waals surface area contributed by atoms with Crippen molar-refractivity contribution >= 4 is 45.3 Å². The Morgan fingerprint density at radius 1 is 1.24 bits per heavy atom. The van der Waals surface area contributed by atoms with Crippen LogP contribution in [0.2, 0.25) is 5.28 Å². The summed E-state index contributed by atoms with van der Waals surface area (Å²) in [5.41, 5.74) is 0.749. The molecule has 2 aromatic rings. The van der Waals surface area contributed by atoms with E-state index in [0.29, 0.717) is 4.88 Å². The fourth-order valence-corrected chi connectivity index (χ4v) is 3.14. The van der Waals surface area contributed by atoms with Crippen LogP contribution in [0.15, 0.2) is 6.07 Å². The number of aromatic nitrogens is 2. The first kappa shape index (κ1) is 17.9. The van der Waals surface area contributed by atoms with Crippen molar-refractivity contribution in [1.82, 2.24) is 9.97 Å². The van der Waals surface area contributed by atoms with E-state index in [0.717, 1.165) is 48.3 Å². The van der Waals surface area contributed by atoms with E-state index in [4.69, 9.17) is 11.6 Å². The third-order valence-corrected chi connectivity index (χ3v) is 3.96. The number of nitrogens with zero attached hydrogens (tertiary/aromatic N) is 3. The Hall–Kier alpha value is -1.20. The van der Waals surface area contributed by atoms with Crippen LogP contribution in [0.4, 0.5) is 5.82 Å². The maximum absolute atomic E-state index is 10.9. The molecule has 0 aliphatic carbocycles. The van der Waals surface area contributed by atoms with Gasteiger partial charge in [0.2, 0.25) is 5.28 Å². The highest BCUT2D eigenvalue weighted by Gasteiger charge is 2.15. The molecular formula is C15H22ClN3OS. The molecule has 0 saturated carbocycles. The Bertz CT molecular complexity index is 580. The van der Waals surface area contributed by atoms with E-state index in [1.54, 1.807) is 6.07 Å². The first-order valence-corrected chi connectivity index (χ1v) is 8.56. The Labute approximate surface area is 135 Å². The monoisotopic (exact) mass is 327 g/mol. The van der Waals surface area contributed by atoms with Crippen LogP contribution in [0.3, 0.4) is 0 Å². The van der Waals surface area contributed by atoms with Gasteiger partial charge in [-0.3, -0.25) is 4.79 Å². The Morgan fingerprint density at radius 3 is 2.38 bits per heavy atom. The number of aldehydes is 1. The maximum atomic E-state index is 10.9. The molecular weight excluding hydrogens is 306 g/mol. The predicted molar refractivity (Wildman–Crippen MR) is 92.0 cm³/mol. The molecule has 0 radical (unpaired) electrons. The predicted octanol–water partition coefficient (Wildman–Crippen LogP) is 4.81. The standard InChI is InChI=1S/C13H16ClN3OS.C2H6/c1-3-5-17(6-4-2)12-11-10(15-13(14)16-12)7-9(8-18)19-11;1-2/h7-8H,3-6H2,1-2H3;1-2H3. The van der Waals surface area contributed by atoms with E-state index >= 15 is 0 Å². The average molecular weight is 328 g/mol. The van der Waals surface area contributed by atoms with Crippen molar-refractivity contribution in [1.29, 1.82) is 0 Å². The summed E-state index contributed by atoms with van der Waals surface area (Å²) in [4.78, 5) is 22.3. The molecule has 0 saturated heterocycles. The van der Waals surface area contributed by atoms with Crippen molar-refractivity contribution in [2.75, 3.05) is 18.0 Å². The summed E-state index contributed by atoms with van der Waals surface area (Å²) < 4.78 is 0.938. The lowest BCUT2D eigenvalue weighted by Gasteiger charge is -2.22. The molecule has 0 bridgehead atoms. The number of rotatable bonds is 6. The second-order valence-electron chi connectivity index (χ2n) is 4.28. The lowest BCUT2D eigenvalue weighted by Crippen LogP contribution is -2.26. The molecule has 0 aliphatic rings. The fourth-order valence-electron chi connectivity index (χ4n) is 2.04. The van der Waals surface area contributed by atoms with Crippen molar-refractivity contribution in [3.05, 3.63) is 16.2 Å². The molecule has 0 fully saturated rings. The van der Waals surface area contributed by atoms with Crippen LogP contribution >= 0.6 is 22.9 Å². The van der Waals surface area contributed by atoms with Crippen molar-refractivity contribution < 1.29 is 4.79 Å². The van der Waals surface area contributed by atoms with Gasteiger partial charge in [0.1, 0.15) is 0 Å². The van der Waals surface area contributed by atoms with E-state index < -0.39 is 0 Å². The van der Waals surface area contributed by atoms with Crippen LogP contribution in [0.1, 0.15) is 50.2 Å². The largest absolute Gasteiger partial charge is 0.355 e. The summed E-state index contributed by atoms with van der Waals surface area (Å²) in [5, 5.41) is 0.231. The van der Waals surface area contributed by atoms with Gasteiger partial charge in [0.15, 0.2) is 12.1 Å². The molecule has 2 heterocycles. The van der Waals surface area contributed by atoms with Crippen molar-refractivity contribution in [2.24, 2.45) is 0 Å². The van der Waals surface area contributed by atoms with Gasteiger partial charge in [-0.25, -0.2) is 4.98 Å².